The van der Waals surface area contributed by atoms with Gasteiger partial charge >= 0.3 is 0 Å². The third-order valence-electron chi connectivity index (χ3n) is 4.58. The molecule has 1 aromatic rings. The summed E-state index contributed by atoms with van der Waals surface area (Å²) < 4.78 is 5.01. The second kappa shape index (κ2) is 4.83. The summed E-state index contributed by atoms with van der Waals surface area (Å²) in [7, 11) is 1.60. The first-order valence-corrected chi connectivity index (χ1v) is 7.00. The number of rotatable bonds is 4. The predicted molar refractivity (Wildman–Crippen MR) is 71.6 cm³/mol. The Morgan fingerprint density at radius 1 is 1.47 bits per heavy atom. The molecule has 4 heteroatoms. The van der Waals surface area contributed by atoms with Gasteiger partial charge in [-0.05, 0) is 30.2 Å². The second-order valence-corrected chi connectivity index (χ2v) is 5.75. The number of carbonyl (C=O) groups excluding carboxylic acids is 1. The Hall–Kier alpha value is -1.58. The van der Waals surface area contributed by atoms with E-state index in [0.717, 1.165) is 12.0 Å². The first-order valence-electron chi connectivity index (χ1n) is 7.00. The molecule has 1 N–H and O–H groups in total. The maximum absolute atomic E-state index is 12.1. The van der Waals surface area contributed by atoms with Gasteiger partial charge in [-0.25, -0.2) is 4.98 Å². The van der Waals surface area contributed by atoms with Crippen molar-refractivity contribution in [1.29, 1.82) is 0 Å². The molecule has 4 nitrogen and oxygen atoms in total. The summed E-state index contributed by atoms with van der Waals surface area (Å²) in [6, 6.07) is 3.75. The molecule has 0 aromatic carbocycles. The number of carbonyl (C=O) groups is 1. The Labute approximate surface area is 113 Å². The molecule has 0 radical (unpaired) electrons. The minimum absolute atomic E-state index is 0.220. The lowest BCUT2D eigenvalue weighted by Crippen LogP contribution is -2.26. The number of aromatic nitrogens is 1. The molecule has 1 heterocycles. The molecule has 0 saturated heterocycles. The van der Waals surface area contributed by atoms with Gasteiger partial charge in [-0.2, -0.15) is 0 Å². The van der Waals surface area contributed by atoms with Gasteiger partial charge in [-0.1, -0.05) is 18.9 Å². The third kappa shape index (κ3) is 2.44. The van der Waals surface area contributed by atoms with Crippen LogP contribution in [0.15, 0.2) is 18.3 Å². The van der Waals surface area contributed by atoms with E-state index in [-0.39, 0.29) is 11.8 Å². The smallest absolute Gasteiger partial charge is 0.223 e. The molecule has 2 saturated carbocycles. The van der Waals surface area contributed by atoms with E-state index in [4.69, 9.17) is 4.74 Å². The van der Waals surface area contributed by atoms with E-state index >= 15 is 0 Å². The number of nitrogens with one attached hydrogen (secondary N) is 1. The van der Waals surface area contributed by atoms with Crippen LogP contribution in [0.3, 0.4) is 0 Å². The minimum atomic E-state index is 0.220. The van der Waals surface area contributed by atoms with E-state index in [1.165, 1.54) is 25.7 Å². The molecule has 2 aliphatic carbocycles. The SMILES string of the molecule is COc1ccc(CNC(=O)C2CC23CCCC3)cn1. The summed E-state index contributed by atoms with van der Waals surface area (Å²) in [5.41, 5.74) is 1.39. The highest BCUT2D eigenvalue weighted by Crippen LogP contribution is 2.62. The normalized spacial score (nSPS) is 23.3. The Bertz CT molecular complexity index is 464. The first-order chi connectivity index (χ1) is 9.23. The van der Waals surface area contributed by atoms with Gasteiger partial charge < -0.3 is 10.1 Å². The van der Waals surface area contributed by atoms with Crippen molar-refractivity contribution in [3.05, 3.63) is 23.9 Å². The Morgan fingerprint density at radius 3 is 2.89 bits per heavy atom. The molecular formula is C15H20N2O2. The highest BCUT2D eigenvalue weighted by molar-refractivity contribution is 5.82. The van der Waals surface area contributed by atoms with Crippen molar-refractivity contribution in [1.82, 2.24) is 10.3 Å². The van der Waals surface area contributed by atoms with Crippen molar-refractivity contribution in [2.75, 3.05) is 7.11 Å². The van der Waals surface area contributed by atoms with Crippen LogP contribution < -0.4 is 10.1 Å². The monoisotopic (exact) mass is 260 g/mol. The zero-order valence-corrected chi connectivity index (χ0v) is 11.3. The van der Waals surface area contributed by atoms with Crippen LogP contribution >= 0.6 is 0 Å². The van der Waals surface area contributed by atoms with Gasteiger partial charge in [0.15, 0.2) is 0 Å². The molecule has 2 aliphatic rings. The molecule has 0 bridgehead atoms. The molecule has 19 heavy (non-hydrogen) atoms. The Morgan fingerprint density at radius 2 is 2.26 bits per heavy atom. The van der Waals surface area contributed by atoms with Crippen molar-refractivity contribution >= 4 is 5.91 Å². The average Bonchev–Trinajstić information content (AvgIpc) is 2.94. The molecule has 1 aromatic heterocycles. The first kappa shape index (κ1) is 12.5. The van der Waals surface area contributed by atoms with Crippen LogP contribution in [-0.4, -0.2) is 18.0 Å². The molecule has 1 atom stereocenters. The molecule has 102 valence electrons. The Balaban J connectivity index is 1.50. The van der Waals surface area contributed by atoms with Crippen LogP contribution in [0, 0.1) is 11.3 Å². The number of nitrogens with zero attached hydrogens (tertiary/aromatic N) is 1. The highest BCUT2D eigenvalue weighted by Gasteiger charge is 2.58. The fraction of sp³-hybridized carbons (Fsp3) is 0.600. The standard InChI is InChI=1S/C15H20N2O2/c1-19-13-5-4-11(9-16-13)10-17-14(18)12-8-15(12)6-2-3-7-15/h4-5,9,12H,2-3,6-8,10H2,1H3,(H,17,18). The van der Waals surface area contributed by atoms with Gasteiger partial charge in [0.05, 0.1) is 7.11 Å². The van der Waals surface area contributed by atoms with Crippen molar-refractivity contribution in [2.45, 2.75) is 38.6 Å². The molecule has 1 amide bonds. The van der Waals surface area contributed by atoms with E-state index in [9.17, 15) is 4.79 Å². The van der Waals surface area contributed by atoms with Gasteiger partial charge in [-0.3, -0.25) is 4.79 Å². The topological polar surface area (TPSA) is 51.2 Å². The van der Waals surface area contributed by atoms with Gasteiger partial charge in [0.1, 0.15) is 0 Å². The summed E-state index contributed by atoms with van der Waals surface area (Å²) >= 11 is 0. The van der Waals surface area contributed by atoms with E-state index in [1.54, 1.807) is 13.3 Å². The molecule has 2 fully saturated rings. The molecular weight excluding hydrogens is 240 g/mol. The number of methoxy groups -OCH3 is 1. The van der Waals surface area contributed by atoms with E-state index in [1.807, 2.05) is 12.1 Å². The van der Waals surface area contributed by atoms with E-state index in [2.05, 4.69) is 10.3 Å². The summed E-state index contributed by atoms with van der Waals surface area (Å²) in [4.78, 5) is 16.2. The van der Waals surface area contributed by atoms with E-state index in [0.29, 0.717) is 17.8 Å². The zero-order valence-electron chi connectivity index (χ0n) is 11.3. The second-order valence-electron chi connectivity index (χ2n) is 5.75. The van der Waals surface area contributed by atoms with Gasteiger partial charge in [0.2, 0.25) is 11.8 Å². The maximum atomic E-state index is 12.1. The number of hydrogen-bond acceptors (Lipinski definition) is 3. The van der Waals surface area contributed by atoms with E-state index < -0.39 is 0 Å². The molecule has 1 unspecified atom stereocenters. The molecule has 0 aliphatic heterocycles. The highest BCUT2D eigenvalue weighted by atomic mass is 16.5. The molecule has 3 rings (SSSR count). The van der Waals surface area contributed by atoms with Crippen LogP contribution in [0.5, 0.6) is 5.88 Å². The summed E-state index contributed by atoms with van der Waals surface area (Å²) in [6.45, 7) is 0.558. The van der Waals surface area contributed by atoms with Crippen LogP contribution in [0.2, 0.25) is 0 Å². The lowest BCUT2D eigenvalue weighted by Gasteiger charge is -2.09. The predicted octanol–water partition coefficient (Wildman–Crippen LogP) is 2.29. The lowest BCUT2D eigenvalue weighted by molar-refractivity contribution is -0.123. The average molecular weight is 260 g/mol. The van der Waals surface area contributed by atoms with Crippen LogP contribution in [0.4, 0.5) is 0 Å². The number of pyridine rings is 1. The molecule has 1 spiro atoms. The maximum Gasteiger partial charge on any atom is 0.223 e. The van der Waals surface area contributed by atoms with Crippen LogP contribution in [0.1, 0.15) is 37.7 Å². The largest absolute Gasteiger partial charge is 0.481 e. The fourth-order valence-electron chi connectivity index (χ4n) is 3.30. The summed E-state index contributed by atoms with van der Waals surface area (Å²) in [6.07, 6.45) is 7.93. The zero-order chi connectivity index (χ0) is 13.3. The summed E-state index contributed by atoms with van der Waals surface area (Å²) in [5.74, 6) is 1.08. The van der Waals surface area contributed by atoms with Gasteiger partial charge in [-0.15, -0.1) is 0 Å². The van der Waals surface area contributed by atoms with Crippen molar-refractivity contribution in [3.8, 4) is 5.88 Å². The van der Waals surface area contributed by atoms with Crippen LogP contribution in [0.25, 0.3) is 0 Å². The summed E-state index contributed by atoms with van der Waals surface area (Å²) in [5, 5.41) is 3.03. The number of amides is 1. The number of hydrogen-bond donors (Lipinski definition) is 1. The van der Waals surface area contributed by atoms with Gasteiger partial charge in [0, 0.05) is 24.7 Å². The van der Waals surface area contributed by atoms with Gasteiger partial charge in [0.25, 0.3) is 0 Å². The quantitative estimate of drug-likeness (QED) is 0.903. The van der Waals surface area contributed by atoms with Crippen molar-refractivity contribution in [2.24, 2.45) is 11.3 Å². The number of ether oxygens (including phenoxy) is 1. The minimum Gasteiger partial charge on any atom is -0.481 e. The van der Waals surface area contributed by atoms with Crippen molar-refractivity contribution in [3.63, 3.8) is 0 Å². The lowest BCUT2D eigenvalue weighted by atomic mass is 10.0. The Kier molecular flexibility index (Phi) is 3.17. The van der Waals surface area contributed by atoms with Crippen molar-refractivity contribution < 1.29 is 9.53 Å². The fourth-order valence-corrected chi connectivity index (χ4v) is 3.30. The van der Waals surface area contributed by atoms with Crippen LogP contribution in [-0.2, 0) is 11.3 Å². The third-order valence-corrected chi connectivity index (χ3v) is 4.58.